The van der Waals surface area contributed by atoms with E-state index in [1.165, 1.54) is 36.8 Å². The second kappa shape index (κ2) is 10.9. The molecule has 0 bridgehead atoms. The summed E-state index contributed by atoms with van der Waals surface area (Å²) in [5, 5.41) is 18.2. The molecular weight excluding hydrogens is 526 g/mol. The predicted molar refractivity (Wildman–Crippen MR) is 150 cm³/mol. The van der Waals surface area contributed by atoms with Crippen molar-refractivity contribution in [1.29, 1.82) is 0 Å². The highest BCUT2D eigenvalue weighted by Gasteiger charge is 2.15. The first-order valence-corrected chi connectivity index (χ1v) is 12.6. The van der Waals surface area contributed by atoms with E-state index < -0.39 is 10.8 Å². The number of carbonyl (C=O) groups is 1. The molecule has 1 aromatic heterocycles. The number of halogens is 1. The number of nitrogens with zero attached hydrogens (tertiary/aromatic N) is 2. The van der Waals surface area contributed by atoms with Crippen LogP contribution in [-0.4, -0.2) is 24.2 Å². The van der Waals surface area contributed by atoms with Gasteiger partial charge in [-0.05, 0) is 46.2 Å². The number of hydrazone groups is 1. The Labute approximate surface area is 226 Å². The largest absolute Gasteiger partial charge is 0.493 e. The molecule has 0 atom stereocenters. The van der Waals surface area contributed by atoms with Crippen LogP contribution in [0.2, 0.25) is 5.02 Å². The van der Waals surface area contributed by atoms with E-state index in [-0.39, 0.29) is 5.69 Å². The average molecular weight is 546 g/mol. The zero-order valence-electron chi connectivity index (χ0n) is 20.0. The maximum atomic E-state index is 12.6. The fourth-order valence-electron chi connectivity index (χ4n) is 4.00. The third-order valence-electron chi connectivity index (χ3n) is 5.82. The van der Waals surface area contributed by atoms with Gasteiger partial charge in [-0.2, -0.15) is 5.10 Å². The standard InChI is InChI=1S/C28H20ClN3O5S/c1-36-24-12-17(11-23(29)27(24)37-16-19-7-4-6-18-5-2-3-8-22(18)19)15-30-31-28(33)26-14-20-13-21(32(34)35)9-10-25(20)38-26/h2-15H,16H2,1H3,(H,31,33)/b30-15-. The molecule has 190 valence electrons. The van der Waals surface area contributed by atoms with Gasteiger partial charge in [0, 0.05) is 22.2 Å². The minimum absolute atomic E-state index is 0.0318. The Morgan fingerprint density at radius 1 is 1.08 bits per heavy atom. The smallest absolute Gasteiger partial charge is 0.281 e. The van der Waals surface area contributed by atoms with Gasteiger partial charge in [0.15, 0.2) is 11.5 Å². The van der Waals surface area contributed by atoms with Crippen LogP contribution >= 0.6 is 22.9 Å². The number of hydrogen-bond acceptors (Lipinski definition) is 7. The molecule has 1 amide bonds. The van der Waals surface area contributed by atoms with Crippen molar-refractivity contribution in [2.45, 2.75) is 6.61 Å². The lowest BCUT2D eigenvalue weighted by Gasteiger charge is -2.14. The van der Waals surface area contributed by atoms with Gasteiger partial charge in [0.05, 0.1) is 28.1 Å². The third kappa shape index (κ3) is 5.29. The van der Waals surface area contributed by atoms with Gasteiger partial charge < -0.3 is 9.47 Å². The summed E-state index contributed by atoms with van der Waals surface area (Å²) in [4.78, 5) is 23.5. The number of amides is 1. The second-order valence-corrected chi connectivity index (χ2v) is 9.74. The van der Waals surface area contributed by atoms with Crippen LogP contribution in [0.5, 0.6) is 11.5 Å². The number of fused-ring (bicyclic) bond motifs is 2. The van der Waals surface area contributed by atoms with Crippen LogP contribution in [0.25, 0.3) is 20.9 Å². The van der Waals surface area contributed by atoms with Gasteiger partial charge in [0.1, 0.15) is 6.61 Å². The Balaban J connectivity index is 1.29. The summed E-state index contributed by atoms with van der Waals surface area (Å²) in [6.07, 6.45) is 1.44. The lowest BCUT2D eigenvalue weighted by molar-refractivity contribution is -0.384. The molecule has 4 aromatic carbocycles. The van der Waals surface area contributed by atoms with E-state index in [9.17, 15) is 14.9 Å². The van der Waals surface area contributed by atoms with Crippen LogP contribution in [-0.2, 0) is 6.61 Å². The summed E-state index contributed by atoms with van der Waals surface area (Å²) in [6.45, 7) is 0.305. The maximum Gasteiger partial charge on any atom is 0.281 e. The van der Waals surface area contributed by atoms with Gasteiger partial charge in [-0.1, -0.05) is 54.1 Å². The first-order valence-electron chi connectivity index (χ1n) is 11.4. The first-order chi connectivity index (χ1) is 18.4. The maximum absolute atomic E-state index is 12.6. The lowest BCUT2D eigenvalue weighted by atomic mass is 10.1. The molecule has 38 heavy (non-hydrogen) atoms. The van der Waals surface area contributed by atoms with Crippen molar-refractivity contribution in [2.24, 2.45) is 5.10 Å². The van der Waals surface area contributed by atoms with Gasteiger partial charge in [0.2, 0.25) is 0 Å². The molecule has 0 unspecified atom stereocenters. The molecule has 0 aliphatic rings. The van der Waals surface area contributed by atoms with Crippen molar-refractivity contribution in [2.75, 3.05) is 7.11 Å². The molecule has 0 spiro atoms. The summed E-state index contributed by atoms with van der Waals surface area (Å²) < 4.78 is 12.3. The van der Waals surface area contributed by atoms with E-state index >= 15 is 0 Å². The summed E-state index contributed by atoms with van der Waals surface area (Å²) in [5.41, 5.74) is 4.05. The number of methoxy groups -OCH3 is 1. The van der Waals surface area contributed by atoms with Gasteiger partial charge in [-0.25, -0.2) is 5.43 Å². The van der Waals surface area contributed by atoms with Crippen molar-refractivity contribution in [3.63, 3.8) is 0 Å². The topological polar surface area (TPSA) is 103 Å². The van der Waals surface area contributed by atoms with E-state index in [0.29, 0.717) is 39.0 Å². The van der Waals surface area contributed by atoms with Crippen LogP contribution in [0.15, 0.2) is 84.0 Å². The second-order valence-electron chi connectivity index (χ2n) is 8.25. The minimum atomic E-state index is -0.472. The molecule has 5 aromatic rings. The molecule has 0 saturated carbocycles. The molecular formula is C28H20ClN3O5S. The van der Waals surface area contributed by atoms with Crippen molar-refractivity contribution < 1.29 is 19.2 Å². The number of non-ortho nitro benzene ring substituents is 1. The molecule has 8 nitrogen and oxygen atoms in total. The number of carbonyl (C=O) groups excluding carboxylic acids is 1. The molecule has 0 saturated heterocycles. The molecule has 1 N–H and O–H groups in total. The SMILES string of the molecule is COc1cc(/C=N\NC(=O)c2cc3cc([N+](=O)[O-])ccc3s2)cc(Cl)c1OCc1cccc2ccccc12. The Hall–Kier alpha value is -4.47. The highest BCUT2D eigenvalue weighted by atomic mass is 35.5. The molecule has 0 fully saturated rings. The van der Waals surface area contributed by atoms with E-state index in [1.54, 1.807) is 24.3 Å². The van der Waals surface area contributed by atoms with E-state index in [4.69, 9.17) is 21.1 Å². The zero-order valence-corrected chi connectivity index (χ0v) is 21.6. The van der Waals surface area contributed by atoms with E-state index in [2.05, 4.69) is 10.5 Å². The normalized spacial score (nSPS) is 11.2. The van der Waals surface area contributed by atoms with E-state index in [1.807, 2.05) is 42.5 Å². The van der Waals surface area contributed by atoms with Gasteiger partial charge in [0.25, 0.3) is 11.6 Å². The number of nitrogens with one attached hydrogen (secondary N) is 1. The summed E-state index contributed by atoms with van der Waals surface area (Å²) in [7, 11) is 1.52. The molecule has 0 aliphatic heterocycles. The Morgan fingerprint density at radius 3 is 2.71 bits per heavy atom. The van der Waals surface area contributed by atoms with Crippen LogP contribution in [0.1, 0.15) is 20.8 Å². The number of hydrogen-bond donors (Lipinski definition) is 1. The van der Waals surface area contributed by atoms with Crippen LogP contribution in [0, 0.1) is 10.1 Å². The Kier molecular flexibility index (Phi) is 7.21. The third-order valence-corrected chi connectivity index (χ3v) is 7.21. The number of nitro groups is 1. The fourth-order valence-corrected chi connectivity index (χ4v) is 5.21. The highest BCUT2D eigenvalue weighted by molar-refractivity contribution is 7.20. The van der Waals surface area contributed by atoms with Crippen molar-refractivity contribution >= 4 is 61.6 Å². The number of nitro benzene ring substituents is 1. The van der Waals surface area contributed by atoms with Gasteiger partial charge in [-0.15, -0.1) is 11.3 Å². The van der Waals surface area contributed by atoms with Crippen molar-refractivity contribution in [1.82, 2.24) is 5.43 Å². The zero-order chi connectivity index (χ0) is 26.6. The number of rotatable bonds is 8. The van der Waals surface area contributed by atoms with E-state index in [0.717, 1.165) is 21.0 Å². The predicted octanol–water partition coefficient (Wildman–Crippen LogP) is 6.97. The van der Waals surface area contributed by atoms with Crippen LogP contribution < -0.4 is 14.9 Å². The monoisotopic (exact) mass is 545 g/mol. The van der Waals surface area contributed by atoms with Crippen molar-refractivity contribution in [3.05, 3.63) is 110 Å². The quantitative estimate of drug-likeness (QED) is 0.129. The molecule has 5 rings (SSSR count). The number of benzene rings is 4. The first kappa shape index (κ1) is 25.2. The summed E-state index contributed by atoms with van der Waals surface area (Å²) in [5.74, 6) is 0.400. The lowest BCUT2D eigenvalue weighted by Crippen LogP contribution is -2.16. The fraction of sp³-hybridized carbons (Fsp3) is 0.0714. The Bertz CT molecular complexity index is 1710. The minimum Gasteiger partial charge on any atom is -0.493 e. The van der Waals surface area contributed by atoms with Crippen LogP contribution in [0.3, 0.4) is 0 Å². The van der Waals surface area contributed by atoms with Gasteiger partial charge >= 0.3 is 0 Å². The Morgan fingerprint density at radius 2 is 1.89 bits per heavy atom. The highest BCUT2D eigenvalue weighted by Crippen LogP contribution is 2.37. The molecule has 0 radical (unpaired) electrons. The molecule has 1 heterocycles. The molecule has 0 aliphatic carbocycles. The summed E-state index contributed by atoms with van der Waals surface area (Å²) in [6, 6.07) is 23.5. The molecule has 10 heteroatoms. The van der Waals surface area contributed by atoms with Crippen molar-refractivity contribution in [3.8, 4) is 11.5 Å². The average Bonchev–Trinajstić information content (AvgIpc) is 3.36. The summed E-state index contributed by atoms with van der Waals surface area (Å²) >= 11 is 7.74. The number of ether oxygens (including phenoxy) is 2. The van der Waals surface area contributed by atoms with Gasteiger partial charge in [-0.3, -0.25) is 14.9 Å². The number of thiophene rings is 1. The van der Waals surface area contributed by atoms with Crippen LogP contribution in [0.4, 0.5) is 5.69 Å².